The molecule has 0 atom stereocenters. The zero-order valence-corrected chi connectivity index (χ0v) is 12.7. The maximum atomic E-state index is 6.22. The van der Waals surface area contributed by atoms with E-state index in [1.165, 1.54) is 32.1 Å². The van der Waals surface area contributed by atoms with Crippen LogP contribution >= 0.6 is 0 Å². The molecular weight excluding hydrogens is 250 g/mol. The normalized spacial score (nSPS) is 22.6. The lowest BCUT2D eigenvalue weighted by Gasteiger charge is -2.29. The molecule has 0 spiro atoms. The molecule has 0 amide bonds. The molecule has 0 heterocycles. The molecule has 0 bridgehead atoms. The minimum atomic E-state index is 0.364. The summed E-state index contributed by atoms with van der Waals surface area (Å²) in [5.74, 6) is 2.75. The molecule has 0 radical (unpaired) electrons. The average Bonchev–Trinajstić information content (AvgIpc) is 2.50. The van der Waals surface area contributed by atoms with E-state index in [2.05, 4.69) is 6.92 Å². The highest BCUT2D eigenvalue weighted by Crippen LogP contribution is 2.32. The van der Waals surface area contributed by atoms with Crippen molar-refractivity contribution in [2.24, 2.45) is 11.7 Å². The zero-order valence-electron chi connectivity index (χ0n) is 12.7. The largest absolute Gasteiger partial charge is 0.497 e. The molecule has 0 unspecified atom stereocenters. The van der Waals surface area contributed by atoms with Crippen molar-refractivity contribution in [2.75, 3.05) is 13.7 Å². The third-order valence-corrected chi connectivity index (χ3v) is 4.35. The van der Waals surface area contributed by atoms with E-state index in [-0.39, 0.29) is 0 Å². The van der Waals surface area contributed by atoms with Gasteiger partial charge in [-0.05, 0) is 68.3 Å². The SMILES string of the molecule is CCC1CCC(Oc2ccc(OC)cc2CCN)CC1. The smallest absolute Gasteiger partial charge is 0.123 e. The van der Waals surface area contributed by atoms with Crippen molar-refractivity contribution < 1.29 is 9.47 Å². The Bertz CT molecular complexity index is 411. The van der Waals surface area contributed by atoms with E-state index in [9.17, 15) is 0 Å². The summed E-state index contributed by atoms with van der Waals surface area (Å²) in [7, 11) is 1.69. The molecule has 0 aromatic heterocycles. The molecule has 20 heavy (non-hydrogen) atoms. The lowest BCUT2D eigenvalue weighted by molar-refractivity contribution is 0.128. The Balaban J connectivity index is 2.01. The van der Waals surface area contributed by atoms with Crippen molar-refractivity contribution in [3.63, 3.8) is 0 Å². The number of hydrogen-bond acceptors (Lipinski definition) is 3. The van der Waals surface area contributed by atoms with Crippen LogP contribution < -0.4 is 15.2 Å². The Kier molecular flexibility index (Phi) is 5.72. The first-order valence-corrected chi connectivity index (χ1v) is 7.80. The zero-order chi connectivity index (χ0) is 14.4. The van der Waals surface area contributed by atoms with E-state index in [0.29, 0.717) is 12.6 Å². The van der Waals surface area contributed by atoms with Gasteiger partial charge in [0.05, 0.1) is 13.2 Å². The standard InChI is InChI=1S/C17H27NO2/c1-3-13-4-6-15(7-5-13)20-17-9-8-16(19-2)12-14(17)10-11-18/h8-9,12-13,15H,3-7,10-11,18H2,1-2H3. The second kappa shape index (κ2) is 7.53. The molecule has 2 rings (SSSR count). The molecule has 1 aromatic rings. The molecule has 0 aliphatic heterocycles. The minimum Gasteiger partial charge on any atom is -0.497 e. The first kappa shape index (κ1) is 15.2. The lowest BCUT2D eigenvalue weighted by atomic mass is 9.86. The highest BCUT2D eigenvalue weighted by Gasteiger charge is 2.22. The fourth-order valence-electron chi connectivity index (χ4n) is 2.99. The molecule has 3 heteroatoms. The molecule has 1 aliphatic rings. The lowest BCUT2D eigenvalue weighted by Crippen LogP contribution is -2.24. The summed E-state index contributed by atoms with van der Waals surface area (Å²) in [6.45, 7) is 2.92. The molecule has 1 aliphatic carbocycles. The monoisotopic (exact) mass is 277 g/mol. The highest BCUT2D eigenvalue weighted by molar-refractivity contribution is 5.40. The van der Waals surface area contributed by atoms with Gasteiger partial charge in [-0.25, -0.2) is 0 Å². The van der Waals surface area contributed by atoms with Gasteiger partial charge in [0.15, 0.2) is 0 Å². The molecule has 1 aromatic carbocycles. The summed E-state index contributed by atoms with van der Waals surface area (Å²) in [5.41, 5.74) is 6.85. The van der Waals surface area contributed by atoms with Crippen LogP contribution in [0.4, 0.5) is 0 Å². The van der Waals surface area contributed by atoms with E-state index in [1.807, 2.05) is 18.2 Å². The Morgan fingerprint density at radius 3 is 2.55 bits per heavy atom. The fraction of sp³-hybridized carbons (Fsp3) is 0.647. The van der Waals surface area contributed by atoms with E-state index < -0.39 is 0 Å². The third-order valence-electron chi connectivity index (χ3n) is 4.35. The fourth-order valence-corrected chi connectivity index (χ4v) is 2.99. The van der Waals surface area contributed by atoms with Gasteiger partial charge in [0.1, 0.15) is 11.5 Å². The van der Waals surface area contributed by atoms with Crippen LogP contribution in [-0.4, -0.2) is 19.8 Å². The Labute approximate surface area is 122 Å². The van der Waals surface area contributed by atoms with Crippen molar-refractivity contribution in [3.05, 3.63) is 23.8 Å². The van der Waals surface area contributed by atoms with Crippen molar-refractivity contribution in [3.8, 4) is 11.5 Å². The van der Waals surface area contributed by atoms with Gasteiger partial charge in [-0.3, -0.25) is 0 Å². The summed E-state index contributed by atoms with van der Waals surface area (Å²) in [5, 5.41) is 0. The molecule has 1 saturated carbocycles. The summed E-state index contributed by atoms with van der Waals surface area (Å²) >= 11 is 0. The Morgan fingerprint density at radius 2 is 1.95 bits per heavy atom. The molecular formula is C17H27NO2. The quantitative estimate of drug-likeness (QED) is 0.865. The summed E-state index contributed by atoms with van der Waals surface area (Å²) in [6, 6.07) is 6.03. The Hall–Kier alpha value is -1.22. The number of rotatable bonds is 6. The van der Waals surface area contributed by atoms with Crippen molar-refractivity contribution in [1.82, 2.24) is 0 Å². The van der Waals surface area contributed by atoms with Gasteiger partial charge in [0, 0.05) is 0 Å². The van der Waals surface area contributed by atoms with Crippen LogP contribution in [0.1, 0.15) is 44.6 Å². The summed E-state index contributed by atoms with van der Waals surface area (Å²) < 4.78 is 11.5. The van der Waals surface area contributed by atoms with Gasteiger partial charge < -0.3 is 15.2 Å². The van der Waals surface area contributed by atoms with Crippen LogP contribution in [-0.2, 0) is 6.42 Å². The van der Waals surface area contributed by atoms with Crippen molar-refractivity contribution in [1.29, 1.82) is 0 Å². The summed E-state index contributed by atoms with van der Waals surface area (Å²) in [6.07, 6.45) is 7.43. The predicted molar refractivity (Wildman–Crippen MR) is 82.4 cm³/mol. The van der Waals surface area contributed by atoms with Gasteiger partial charge in [-0.2, -0.15) is 0 Å². The van der Waals surface area contributed by atoms with E-state index in [1.54, 1.807) is 7.11 Å². The average molecular weight is 277 g/mol. The van der Waals surface area contributed by atoms with E-state index in [4.69, 9.17) is 15.2 Å². The maximum absolute atomic E-state index is 6.22. The highest BCUT2D eigenvalue weighted by atomic mass is 16.5. The second-order valence-electron chi connectivity index (χ2n) is 5.68. The van der Waals surface area contributed by atoms with Crippen LogP contribution in [0.15, 0.2) is 18.2 Å². The van der Waals surface area contributed by atoms with Gasteiger partial charge >= 0.3 is 0 Å². The van der Waals surface area contributed by atoms with Gasteiger partial charge in [-0.1, -0.05) is 13.3 Å². The van der Waals surface area contributed by atoms with Crippen LogP contribution in [0.2, 0.25) is 0 Å². The number of methoxy groups -OCH3 is 1. The van der Waals surface area contributed by atoms with E-state index in [0.717, 1.165) is 29.4 Å². The summed E-state index contributed by atoms with van der Waals surface area (Å²) in [4.78, 5) is 0. The first-order chi connectivity index (χ1) is 9.76. The Morgan fingerprint density at radius 1 is 1.20 bits per heavy atom. The number of hydrogen-bond donors (Lipinski definition) is 1. The van der Waals surface area contributed by atoms with Gasteiger partial charge in [0.25, 0.3) is 0 Å². The first-order valence-electron chi connectivity index (χ1n) is 7.80. The van der Waals surface area contributed by atoms with Crippen LogP contribution in [0, 0.1) is 5.92 Å². The second-order valence-corrected chi connectivity index (χ2v) is 5.68. The third kappa shape index (κ3) is 3.89. The molecule has 2 N–H and O–H groups in total. The van der Waals surface area contributed by atoms with Crippen molar-refractivity contribution in [2.45, 2.75) is 51.6 Å². The van der Waals surface area contributed by atoms with Crippen LogP contribution in [0.3, 0.4) is 0 Å². The number of ether oxygens (including phenoxy) is 2. The maximum Gasteiger partial charge on any atom is 0.123 e. The van der Waals surface area contributed by atoms with Gasteiger partial charge in [0.2, 0.25) is 0 Å². The number of nitrogens with two attached hydrogens (primary N) is 1. The van der Waals surface area contributed by atoms with E-state index >= 15 is 0 Å². The van der Waals surface area contributed by atoms with Gasteiger partial charge in [-0.15, -0.1) is 0 Å². The molecule has 3 nitrogen and oxygen atoms in total. The number of benzene rings is 1. The molecule has 0 saturated heterocycles. The molecule has 112 valence electrons. The topological polar surface area (TPSA) is 44.5 Å². The van der Waals surface area contributed by atoms with Crippen LogP contribution in [0.5, 0.6) is 11.5 Å². The minimum absolute atomic E-state index is 0.364. The van der Waals surface area contributed by atoms with Crippen molar-refractivity contribution >= 4 is 0 Å². The van der Waals surface area contributed by atoms with Crippen LogP contribution in [0.25, 0.3) is 0 Å². The predicted octanol–water partition coefficient (Wildman–Crippen LogP) is 3.54. The molecule has 1 fully saturated rings.